The largest absolute Gasteiger partial charge is 0.353 e. The van der Waals surface area contributed by atoms with Gasteiger partial charge in [-0.2, -0.15) is 0 Å². The first-order valence-electron chi connectivity index (χ1n) is 10.7. The fourth-order valence-corrected chi connectivity index (χ4v) is 5.01. The molecule has 1 amide bonds. The molecule has 0 radical (unpaired) electrons. The van der Waals surface area contributed by atoms with Crippen molar-refractivity contribution in [1.82, 2.24) is 24.5 Å². The zero-order valence-electron chi connectivity index (χ0n) is 17.2. The van der Waals surface area contributed by atoms with E-state index in [4.69, 9.17) is 0 Å². The van der Waals surface area contributed by atoms with E-state index >= 15 is 0 Å². The number of thiophene rings is 1. The molecule has 0 saturated heterocycles. The van der Waals surface area contributed by atoms with Crippen molar-refractivity contribution in [2.75, 3.05) is 0 Å². The summed E-state index contributed by atoms with van der Waals surface area (Å²) in [4.78, 5) is 25.3. The Labute approximate surface area is 174 Å². The highest BCUT2D eigenvalue weighted by Gasteiger charge is 2.21. The standard InChI is InChI=1S/C21H29N5O2S/c1-3-4-12-25-20(28)19-16(11-13-29-19)26-17(23-24-21(25)26)9-10-18(27)22-15-7-5-14(2)6-8-15/h11,13-15H,3-10,12H2,1-2H3,(H,22,27). The highest BCUT2D eigenvalue weighted by atomic mass is 32.1. The van der Waals surface area contributed by atoms with Crippen LogP contribution in [0.25, 0.3) is 16.0 Å². The molecule has 0 spiro atoms. The van der Waals surface area contributed by atoms with Crippen molar-refractivity contribution in [3.63, 3.8) is 0 Å². The predicted octanol–water partition coefficient (Wildman–Crippen LogP) is 3.53. The first-order chi connectivity index (χ1) is 14.1. The summed E-state index contributed by atoms with van der Waals surface area (Å²) in [7, 11) is 0. The van der Waals surface area contributed by atoms with E-state index in [0.29, 0.717) is 31.2 Å². The van der Waals surface area contributed by atoms with Crippen LogP contribution in [-0.2, 0) is 17.8 Å². The van der Waals surface area contributed by atoms with Gasteiger partial charge in [-0.3, -0.25) is 18.6 Å². The van der Waals surface area contributed by atoms with Crippen LogP contribution in [0.1, 0.15) is 64.6 Å². The minimum Gasteiger partial charge on any atom is -0.353 e. The molecule has 1 aliphatic carbocycles. The van der Waals surface area contributed by atoms with Crippen LogP contribution < -0.4 is 10.9 Å². The molecule has 3 aromatic rings. The summed E-state index contributed by atoms with van der Waals surface area (Å²) in [5.41, 5.74) is 0.837. The maximum absolute atomic E-state index is 12.9. The quantitative estimate of drug-likeness (QED) is 0.640. The van der Waals surface area contributed by atoms with Gasteiger partial charge in [0.2, 0.25) is 11.7 Å². The number of amides is 1. The molecular weight excluding hydrogens is 386 g/mol. The summed E-state index contributed by atoms with van der Waals surface area (Å²) < 4.78 is 4.40. The van der Waals surface area contributed by atoms with Gasteiger partial charge in [0.25, 0.3) is 5.56 Å². The first kappa shape index (κ1) is 20.1. The van der Waals surface area contributed by atoms with Crippen molar-refractivity contribution in [3.8, 4) is 0 Å². The average Bonchev–Trinajstić information content (AvgIpc) is 3.35. The molecule has 0 unspecified atom stereocenters. The fraction of sp³-hybridized carbons (Fsp3) is 0.619. The Bertz CT molecular complexity index is 1060. The van der Waals surface area contributed by atoms with E-state index in [1.54, 1.807) is 4.57 Å². The van der Waals surface area contributed by atoms with Gasteiger partial charge in [-0.05, 0) is 49.5 Å². The van der Waals surface area contributed by atoms with Crippen molar-refractivity contribution in [1.29, 1.82) is 0 Å². The molecule has 3 aromatic heterocycles. The van der Waals surface area contributed by atoms with Crippen LogP contribution >= 0.6 is 11.3 Å². The molecule has 0 aromatic carbocycles. The fourth-order valence-electron chi connectivity index (χ4n) is 4.19. The summed E-state index contributed by atoms with van der Waals surface area (Å²) in [6, 6.07) is 2.24. The van der Waals surface area contributed by atoms with Crippen molar-refractivity contribution in [2.24, 2.45) is 5.92 Å². The van der Waals surface area contributed by atoms with E-state index in [1.807, 2.05) is 15.8 Å². The molecule has 8 heteroatoms. The lowest BCUT2D eigenvalue weighted by Crippen LogP contribution is -2.37. The van der Waals surface area contributed by atoms with Gasteiger partial charge < -0.3 is 5.32 Å². The topological polar surface area (TPSA) is 81.3 Å². The highest BCUT2D eigenvalue weighted by molar-refractivity contribution is 7.17. The van der Waals surface area contributed by atoms with Crippen LogP contribution in [0.3, 0.4) is 0 Å². The van der Waals surface area contributed by atoms with Gasteiger partial charge in [-0.1, -0.05) is 20.3 Å². The number of nitrogens with zero attached hydrogens (tertiary/aromatic N) is 4. The van der Waals surface area contributed by atoms with Crippen molar-refractivity contribution >= 4 is 33.2 Å². The van der Waals surface area contributed by atoms with E-state index in [-0.39, 0.29) is 11.5 Å². The number of unbranched alkanes of at least 4 members (excludes halogenated alkanes) is 1. The summed E-state index contributed by atoms with van der Waals surface area (Å²) in [6.45, 7) is 5.01. The molecule has 1 aliphatic rings. The van der Waals surface area contributed by atoms with Crippen LogP contribution in [0.5, 0.6) is 0 Å². The lowest BCUT2D eigenvalue weighted by atomic mass is 9.87. The molecule has 1 N–H and O–H groups in total. The van der Waals surface area contributed by atoms with E-state index < -0.39 is 0 Å². The van der Waals surface area contributed by atoms with E-state index in [0.717, 1.165) is 47.6 Å². The lowest BCUT2D eigenvalue weighted by Gasteiger charge is -2.26. The van der Waals surface area contributed by atoms with Crippen LogP contribution in [0.4, 0.5) is 0 Å². The number of carbonyl (C=O) groups excluding carboxylic acids is 1. The third-order valence-electron chi connectivity index (χ3n) is 5.97. The maximum Gasteiger partial charge on any atom is 0.272 e. The Kier molecular flexibility index (Phi) is 5.99. The second-order valence-corrected chi connectivity index (χ2v) is 9.14. The van der Waals surface area contributed by atoms with Gasteiger partial charge in [0.1, 0.15) is 10.5 Å². The third-order valence-corrected chi connectivity index (χ3v) is 6.86. The van der Waals surface area contributed by atoms with Gasteiger partial charge in [0, 0.05) is 25.4 Å². The number of carbonyl (C=O) groups is 1. The molecule has 0 aliphatic heterocycles. The number of fused-ring (bicyclic) bond motifs is 3. The highest BCUT2D eigenvalue weighted by Crippen LogP contribution is 2.24. The van der Waals surface area contributed by atoms with Gasteiger partial charge in [-0.15, -0.1) is 21.5 Å². The molecule has 1 fully saturated rings. The van der Waals surface area contributed by atoms with Crippen molar-refractivity contribution in [3.05, 3.63) is 27.6 Å². The SMILES string of the molecule is CCCCn1c(=O)c2sccc2n2c(CCC(=O)NC3CCC(C)CC3)nnc12. The molecule has 0 atom stereocenters. The third kappa shape index (κ3) is 4.08. The monoisotopic (exact) mass is 415 g/mol. The van der Waals surface area contributed by atoms with E-state index in [2.05, 4.69) is 29.4 Å². The Balaban J connectivity index is 1.54. The van der Waals surface area contributed by atoms with Crippen LogP contribution in [0.15, 0.2) is 16.2 Å². The molecule has 4 rings (SSSR count). The number of aryl methyl sites for hydroxylation is 2. The second-order valence-electron chi connectivity index (χ2n) is 8.22. The van der Waals surface area contributed by atoms with Crippen LogP contribution in [0, 0.1) is 5.92 Å². The first-order valence-corrected chi connectivity index (χ1v) is 11.6. The number of nitrogens with one attached hydrogen (secondary N) is 1. The Hall–Kier alpha value is -2.22. The summed E-state index contributed by atoms with van der Waals surface area (Å²) in [5.74, 6) is 2.15. The van der Waals surface area contributed by atoms with Gasteiger partial charge in [0.15, 0.2) is 0 Å². The van der Waals surface area contributed by atoms with Crippen molar-refractivity contribution < 1.29 is 4.79 Å². The van der Waals surface area contributed by atoms with Crippen LogP contribution in [-0.4, -0.2) is 31.1 Å². The maximum atomic E-state index is 12.9. The smallest absolute Gasteiger partial charge is 0.272 e. The zero-order valence-corrected chi connectivity index (χ0v) is 18.0. The van der Waals surface area contributed by atoms with Gasteiger partial charge in [-0.25, -0.2) is 0 Å². The lowest BCUT2D eigenvalue weighted by molar-refractivity contribution is -0.122. The zero-order chi connectivity index (χ0) is 20.4. The summed E-state index contributed by atoms with van der Waals surface area (Å²) >= 11 is 1.45. The molecule has 156 valence electrons. The van der Waals surface area contributed by atoms with Crippen molar-refractivity contribution in [2.45, 2.75) is 77.8 Å². The summed E-state index contributed by atoms with van der Waals surface area (Å²) in [6.07, 6.45) is 7.31. The minimum absolute atomic E-state index is 0.000769. The molecule has 1 saturated carbocycles. The van der Waals surface area contributed by atoms with E-state index in [1.165, 1.54) is 24.2 Å². The van der Waals surface area contributed by atoms with E-state index in [9.17, 15) is 9.59 Å². The predicted molar refractivity (Wildman–Crippen MR) is 115 cm³/mol. The Morgan fingerprint density at radius 1 is 1.28 bits per heavy atom. The molecule has 0 bridgehead atoms. The molecule has 29 heavy (non-hydrogen) atoms. The molecule has 7 nitrogen and oxygen atoms in total. The van der Waals surface area contributed by atoms with Crippen LogP contribution in [0.2, 0.25) is 0 Å². The molecular formula is C21H29N5O2S. The number of hydrogen-bond acceptors (Lipinski definition) is 5. The normalized spacial score (nSPS) is 19.8. The Morgan fingerprint density at radius 2 is 2.07 bits per heavy atom. The van der Waals surface area contributed by atoms with Gasteiger partial charge >= 0.3 is 0 Å². The average molecular weight is 416 g/mol. The molecule has 3 heterocycles. The minimum atomic E-state index is -0.000769. The summed E-state index contributed by atoms with van der Waals surface area (Å²) in [5, 5.41) is 13.8. The Morgan fingerprint density at radius 3 is 2.83 bits per heavy atom. The number of hydrogen-bond donors (Lipinski definition) is 1. The van der Waals surface area contributed by atoms with Gasteiger partial charge in [0.05, 0.1) is 5.52 Å². The second kappa shape index (κ2) is 8.65. The number of rotatable bonds is 7. The number of aromatic nitrogens is 4.